The van der Waals surface area contributed by atoms with Crippen molar-refractivity contribution in [2.45, 2.75) is 52.6 Å². The van der Waals surface area contributed by atoms with Crippen molar-refractivity contribution >= 4 is 5.78 Å². The van der Waals surface area contributed by atoms with Crippen LogP contribution in [-0.4, -0.2) is 61.2 Å². The molecule has 8 heteroatoms. The predicted octanol–water partition coefficient (Wildman–Crippen LogP) is 3.80. The molecule has 2 aliphatic heterocycles. The Morgan fingerprint density at radius 3 is 2.76 bits per heavy atom. The van der Waals surface area contributed by atoms with E-state index < -0.39 is 0 Å². The summed E-state index contributed by atoms with van der Waals surface area (Å²) in [7, 11) is 0. The number of hydrogen-bond acceptors (Lipinski definition) is 6. The fourth-order valence-corrected chi connectivity index (χ4v) is 4.75. The minimum atomic E-state index is 0.213. The summed E-state index contributed by atoms with van der Waals surface area (Å²) in [5, 5.41) is 4.35. The van der Waals surface area contributed by atoms with Crippen LogP contribution in [0.4, 0.5) is 0 Å². The van der Waals surface area contributed by atoms with Crippen LogP contribution in [0.15, 0.2) is 30.7 Å². The summed E-state index contributed by atoms with van der Waals surface area (Å²) in [5.74, 6) is 3.76. The highest BCUT2D eigenvalue weighted by Crippen LogP contribution is 2.37. The third-order valence-electron chi connectivity index (χ3n) is 6.37. The first-order valence-electron chi connectivity index (χ1n) is 11.9. The van der Waals surface area contributed by atoms with Gasteiger partial charge in [-0.15, -0.1) is 0 Å². The standard InChI is InChI=1S/C25H32N6O2/c1-16(2)9-20(32)13-29-11-19(12-29)18-5-6-21-23(10-18)33-8-7-30-14-22(28-24(21)30)25-26-15-27-31(25)17(3)4/h5-6,10,14-17,19H,7-9,11-13H2,1-4H3. The maximum atomic E-state index is 12.1. The lowest BCUT2D eigenvalue weighted by molar-refractivity contribution is -0.121. The van der Waals surface area contributed by atoms with Crippen LogP contribution in [0, 0.1) is 5.92 Å². The summed E-state index contributed by atoms with van der Waals surface area (Å²) >= 11 is 0. The molecule has 0 amide bonds. The Hall–Kier alpha value is -3.00. The number of hydrogen-bond donors (Lipinski definition) is 0. The van der Waals surface area contributed by atoms with Gasteiger partial charge in [0, 0.05) is 37.7 Å². The van der Waals surface area contributed by atoms with Gasteiger partial charge in [-0.2, -0.15) is 5.10 Å². The summed E-state index contributed by atoms with van der Waals surface area (Å²) in [6, 6.07) is 6.68. The van der Waals surface area contributed by atoms with Gasteiger partial charge in [-0.25, -0.2) is 14.6 Å². The van der Waals surface area contributed by atoms with Crippen LogP contribution >= 0.6 is 0 Å². The lowest BCUT2D eigenvalue weighted by atomic mass is 9.90. The molecule has 0 spiro atoms. The van der Waals surface area contributed by atoms with E-state index in [1.165, 1.54) is 5.56 Å². The van der Waals surface area contributed by atoms with Gasteiger partial charge >= 0.3 is 0 Å². The number of rotatable bonds is 7. The Labute approximate surface area is 194 Å². The summed E-state index contributed by atoms with van der Waals surface area (Å²) < 4.78 is 10.2. The molecule has 1 aromatic carbocycles. The van der Waals surface area contributed by atoms with Crippen LogP contribution in [0.1, 0.15) is 51.6 Å². The molecular formula is C25H32N6O2. The second-order valence-corrected chi connectivity index (χ2v) is 9.90. The Bertz CT molecular complexity index is 1160. The van der Waals surface area contributed by atoms with Gasteiger partial charge in [-0.3, -0.25) is 9.69 Å². The summed E-state index contributed by atoms with van der Waals surface area (Å²) in [6.07, 6.45) is 4.29. The molecule has 8 nitrogen and oxygen atoms in total. The highest BCUT2D eigenvalue weighted by molar-refractivity contribution is 5.80. The number of ketones is 1. The van der Waals surface area contributed by atoms with Crippen molar-refractivity contribution in [3.8, 4) is 28.7 Å². The van der Waals surface area contributed by atoms with E-state index in [1.54, 1.807) is 6.33 Å². The van der Waals surface area contributed by atoms with Crippen LogP contribution in [0.5, 0.6) is 5.75 Å². The Morgan fingerprint density at radius 1 is 1.18 bits per heavy atom. The first-order chi connectivity index (χ1) is 15.9. The van der Waals surface area contributed by atoms with Gasteiger partial charge in [0.05, 0.1) is 18.7 Å². The molecular weight excluding hydrogens is 416 g/mol. The number of fused-ring (bicyclic) bond motifs is 3. The number of aromatic nitrogens is 5. The molecule has 0 aliphatic carbocycles. The lowest BCUT2D eigenvalue weighted by Crippen LogP contribution is -2.47. The van der Waals surface area contributed by atoms with Crippen molar-refractivity contribution in [1.29, 1.82) is 0 Å². The SMILES string of the molecule is CC(C)CC(=O)CN1CC(c2ccc3c(c2)OCCn2cc(-c4ncnn4C(C)C)nc2-3)C1. The zero-order valence-electron chi connectivity index (χ0n) is 19.9. The first kappa shape index (κ1) is 21.8. The van der Waals surface area contributed by atoms with E-state index in [9.17, 15) is 4.79 Å². The van der Waals surface area contributed by atoms with Gasteiger partial charge < -0.3 is 9.30 Å². The minimum absolute atomic E-state index is 0.213. The third-order valence-corrected chi connectivity index (χ3v) is 6.37. The van der Waals surface area contributed by atoms with E-state index in [0.717, 1.165) is 48.3 Å². The molecule has 1 saturated heterocycles. The van der Waals surface area contributed by atoms with Gasteiger partial charge in [0.15, 0.2) is 5.82 Å². The zero-order chi connectivity index (χ0) is 23.1. The van der Waals surface area contributed by atoms with E-state index in [2.05, 4.69) is 65.4 Å². The van der Waals surface area contributed by atoms with Gasteiger partial charge in [0.25, 0.3) is 0 Å². The average Bonchev–Trinajstić information content (AvgIpc) is 3.34. The van der Waals surface area contributed by atoms with E-state index in [1.807, 2.05) is 10.9 Å². The number of Topliss-reactive ketones (excluding diaryl/α,β-unsaturated/α-hetero) is 1. The number of benzene rings is 1. The van der Waals surface area contributed by atoms with E-state index in [4.69, 9.17) is 9.72 Å². The Balaban J connectivity index is 1.34. The number of carbonyl (C=O) groups excluding carboxylic acids is 1. The van der Waals surface area contributed by atoms with Crippen molar-refractivity contribution in [1.82, 2.24) is 29.2 Å². The van der Waals surface area contributed by atoms with E-state index in [0.29, 0.717) is 37.2 Å². The van der Waals surface area contributed by atoms with Crippen molar-refractivity contribution in [3.63, 3.8) is 0 Å². The van der Waals surface area contributed by atoms with Crippen molar-refractivity contribution in [3.05, 3.63) is 36.3 Å². The smallest absolute Gasteiger partial charge is 0.178 e. The Kier molecular flexibility index (Phi) is 5.78. The van der Waals surface area contributed by atoms with Crippen LogP contribution < -0.4 is 4.74 Å². The van der Waals surface area contributed by atoms with Crippen molar-refractivity contribution in [2.75, 3.05) is 26.2 Å². The van der Waals surface area contributed by atoms with Gasteiger partial charge in [0.1, 0.15) is 36.0 Å². The molecule has 0 saturated carbocycles. The van der Waals surface area contributed by atoms with Crippen molar-refractivity contribution in [2.24, 2.45) is 5.92 Å². The molecule has 0 N–H and O–H groups in total. The summed E-state index contributed by atoms with van der Waals surface area (Å²) in [5.41, 5.74) is 3.09. The molecule has 174 valence electrons. The molecule has 0 atom stereocenters. The maximum Gasteiger partial charge on any atom is 0.178 e. The van der Waals surface area contributed by atoms with Gasteiger partial charge in [0.2, 0.25) is 0 Å². The second kappa shape index (κ2) is 8.74. The molecule has 0 unspecified atom stereocenters. The monoisotopic (exact) mass is 448 g/mol. The summed E-state index contributed by atoms with van der Waals surface area (Å²) in [4.78, 5) is 23.7. The molecule has 0 bridgehead atoms. The molecule has 0 radical (unpaired) electrons. The van der Waals surface area contributed by atoms with Crippen LogP contribution in [0.2, 0.25) is 0 Å². The molecule has 4 heterocycles. The number of ether oxygens (including phenoxy) is 1. The molecule has 3 aromatic rings. The molecule has 5 rings (SSSR count). The lowest BCUT2D eigenvalue weighted by Gasteiger charge is -2.39. The summed E-state index contributed by atoms with van der Waals surface area (Å²) in [6.45, 7) is 12.1. The molecule has 33 heavy (non-hydrogen) atoms. The van der Waals surface area contributed by atoms with Crippen LogP contribution in [0.3, 0.4) is 0 Å². The van der Waals surface area contributed by atoms with Crippen LogP contribution in [-0.2, 0) is 11.3 Å². The van der Waals surface area contributed by atoms with Gasteiger partial charge in [-0.05, 0) is 37.5 Å². The number of carbonyl (C=O) groups is 1. The minimum Gasteiger partial charge on any atom is -0.491 e. The fraction of sp³-hybridized carbons (Fsp3) is 0.520. The number of imidazole rings is 1. The average molecular weight is 449 g/mol. The number of likely N-dealkylation sites (tertiary alicyclic amines) is 1. The second-order valence-electron chi connectivity index (χ2n) is 9.90. The molecule has 2 aliphatic rings. The van der Waals surface area contributed by atoms with Crippen LogP contribution in [0.25, 0.3) is 22.9 Å². The molecule has 2 aromatic heterocycles. The zero-order valence-corrected chi connectivity index (χ0v) is 19.9. The van der Waals surface area contributed by atoms with E-state index in [-0.39, 0.29) is 6.04 Å². The topological polar surface area (TPSA) is 78.1 Å². The van der Waals surface area contributed by atoms with E-state index >= 15 is 0 Å². The largest absolute Gasteiger partial charge is 0.491 e. The maximum absolute atomic E-state index is 12.1. The third kappa shape index (κ3) is 4.31. The number of nitrogens with zero attached hydrogens (tertiary/aromatic N) is 6. The fourth-order valence-electron chi connectivity index (χ4n) is 4.75. The first-order valence-corrected chi connectivity index (χ1v) is 11.9. The highest BCUT2D eigenvalue weighted by Gasteiger charge is 2.30. The van der Waals surface area contributed by atoms with Crippen molar-refractivity contribution < 1.29 is 9.53 Å². The highest BCUT2D eigenvalue weighted by atomic mass is 16.5. The Morgan fingerprint density at radius 2 is 2.00 bits per heavy atom. The predicted molar refractivity (Wildman–Crippen MR) is 126 cm³/mol. The quantitative estimate of drug-likeness (QED) is 0.547. The van der Waals surface area contributed by atoms with Gasteiger partial charge in [-0.1, -0.05) is 19.9 Å². The molecule has 1 fully saturated rings. The normalized spacial score (nSPS) is 16.3.